The molecule has 3 heterocycles. The van der Waals surface area contributed by atoms with Crippen LogP contribution in [0.5, 0.6) is 5.75 Å². The van der Waals surface area contributed by atoms with E-state index in [1.807, 2.05) is 42.5 Å². The highest BCUT2D eigenvalue weighted by Gasteiger charge is 2.34. The fourth-order valence-electron chi connectivity index (χ4n) is 5.81. The van der Waals surface area contributed by atoms with Crippen molar-refractivity contribution in [3.63, 3.8) is 0 Å². The lowest BCUT2D eigenvalue weighted by Gasteiger charge is -2.36. The number of benzene rings is 3. The Bertz CT molecular complexity index is 1460. The van der Waals surface area contributed by atoms with Gasteiger partial charge in [-0.05, 0) is 53.6 Å². The number of hydrogen-bond donors (Lipinski definition) is 3. The quantitative estimate of drug-likeness (QED) is 0.356. The summed E-state index contributed by atoms with van der Waals surface area (Å²) in [6.45, 7) is 4.19. The van der Waals surface area contributed by atoms with Crippen LogP contribution in [0.4, 0.5) is 10.1 Å². The Morgan fingerprint density at radius 1 is 1.05 bits per heavy atom. The fraction of sp³-hybridized carbons (Fsp3) is 0.300. The highest BCUT2D eigenvalue weighted by molar-refractivity contribution is 5.87. The highest BCUT2D eigenvalue weighted by Crippen LogP contribution is 2.37. The van der Waals surface area contributed by atoms with E-state index in [9.17, 15) is 14.3 Å². The summed E-state index contributed by atoms with van der Waals surface area (Å²) in [5, 5.41) is 14.3. The van der Waals surface area contributed by atoms with E-state index in [2.05, 4.69) is 32.2 Å². The topological polar surface area (TPSA) is 80.8 Å². The van der Waals surface area contributed by atoms with E-state index in [4.69, 9.17) is 4.74 Å². The van der Waals surface area contributed by atoms with Gasteiger partial charge in [0.15, 0.2) is 0 Å². The molecule has 1 aromatic heterocycles. The molecule has 1 saturated heterocycles. The van der Waals surface area contributed by atoms with Gasteiger partial charge in [-0.25, -0.2) is 4.39 Å². The molecule has 0 unspecified atom stereocenters. The fourth-order valence-corrected chi connectivity index (χ4v) is 5.81. The maximum absolute atomic E-state index is 13.3. The van der Waals surface area contributed by atoms with E-state index in [0.717, 1.165) is 77.4 Å². The second-order valence-electron chi connectivity index (χ2n) is 10.1. The molecular weight excluding hydrogens is 483 g/mol. The predicted molar refractivity (Wildman–Crippen MR) is 145 cm³/mol. The molecule has 0 saturated carbocycles. The van der Waals surface area contributed by atoms with Crippen LogP contribution in [0.1, 0.15) is 28.4 Å². The molecule has 0 bridgehead atoms. The minimum Gasteiger partial charge on any atom is -0.496 e. The Balaban J connectivity index is 1.26. The molecule has 4 aromatic rings. The lowest BCUT2D eigenvalue weighted by molar-refractivity contribution is -0.139. The number of carbonyl (C=O) groups is 1. The number of piperazine rings is 1. The number of methoxy groups -OCH3 is 1. The average molecular weight is 515 g/mol. The zero-order chi connectivity index (χ0) is 26.2. The van der Waals surface area contributed by atoms with Gasteiger partial charge in [-0.2, -0.15) is 0 Å². The van der Waals surface area contributed by atoms with Crippen LogP contribution in [0.3, 0.4) is 0 Å². The first-order chi connectivity index (χ1) is 18.5. The lowest BCUT2D eigenvalue weighted by atomic mass is 9.89. The van der Waals surface area contributed by atoms with Crippen molar-refractivity contribution in [3.8, 4) is 5.75 Å². The number of fused-ring (bicyclic) bond motifs is 3. The molecule has 6 rings (SSSR count). The van der Waals surface area contributed by atoms with E-state index in [0.29, 0.717) is 6.42 Å². The third-order valence-corrected chi connectivity index (χ3v) is 7.81. The maximum Gasteiger partial charge on any atom is 0.321 e. The van der Waals surface area contributed by atoms with Crippen molar-refractivity contribution in [1.82, 2.24) is 15.2 Å². The molecule has 0 aliphatic carbocycles. The number of nitrogens with one attached hydrogen (secondary N) is 2. The summed E-state index contributed by atoms with van der Waals surface area (Å²) < 4.78 is 19.0. The van der Waals surface area contributed by atoms with Crippen molar-refractivity contribution in [3.05, 3.63) is 94.9 Å². The Kier molecular flexibility index (Phi) is 6.51. The minimum absolute atomic E-state index is 0.221. The zero-order valence-corrected chi connectivity index (χ0v) is 21.3. The Morgan fingerprint density at radius 3 is 2.55 bits per heavy atom. The van der Waals surface area contributed by atoms with Gasteiger partial charge in [0, 0.05) is 67.0 Å². The lowest BCUT2D eigenvalue weighted by Crippen LogP contribution is -2.46. The van der Waals surface area contributed by atoms with Gasteiger partial charge in [-0.1, -0.05) is 24.3 Å². The first kappa shape index (κ1) is 24.5. The normalized spacial score (nSPS) is 19.9. The van der Waals surface area contributed by atoms with Crippen molar-refractivity contribution in [1.29, 1.82) is 0 Å². The van der Waals surface area contributed by atoms with Crippen molar-refractivity contribution in [2.24, 2.45) is 0 Å². The third-order valence-electron chi connectivity index (χ3n) is 7.81. The number of H-pyrrole nitrogens is 1. The monoisotopic (exact) mass is 514 g/mol. The average Bonchev–Trinajstić information content (AvgIpc) is 3.32. The van der Waals surface area contributed by atoms with Gasteiger partial charge in [-0.15, -0.1) is 0 Å². The number of halogens is 1. The molecule has 196 valence electrons. The molecule has 8 heteroatoms. The molecule has 3 aromatic carbocycles. The van der Waals surface area contributed by atoms with Crippen molar-refractivity contribution >= 4 is 22.6 Å². The number of aromatic nitrogens is 1. The first-order valence-electron chi connectivity index (χ1n) is 13.0. The van der Waals surface area contributed by atoms with Crippen molar-refractivity contribution in [2.75, 3.05) is 38.2 Å². The van der Waals surface area contributed by atoms with Crippen LogP contribution in [0, 0.1) is 5.82 Å². The molecule has 1 fully saturated rings. The van der Waals surface area contributed by atoms with Crippen molar-refractivity contribution in [2.45, 2.75) is 25.0 Å². The number of carboxylic acid groups (broad SMARTS) is 1. The molecule has 0 radical (unpaired) electrons. The van der Waals surface area contributed by atoms with Crippen LogP contribution in [0.15, 0.2) is 66.7 Å². The van der Waals surface area contributed by atoms with E-state index < -0.39 is 12.0 Å². The van der Waals surface area contributed by atoms with Crippen LogP contribution >= 0.6 is 0 Å². The van der Waals surface area contributed by atoms with Gasteiger partial charge in [0.05, 0.1) is 13.2 Å². The molecular formula is C30H31FN4O3. The van der Waals surface area contributed by atoms with Crippen LogP contribution in [-0.4, -0.2) is 60.3 Å². The molecule has 3 N–H and O–H groups in total. The number of para-hydroxylation sites is 1. The minimum atomic E-state index is -0.848. The predicted octanol–water partition coefficient (Wildman–Crippen LogP) is 4.33. The number of aromatic amines is 1. The summed E-state index contributed by atoms with van der Waals surface area (Å²) in [7, 11) is 1.68. The van der Waals surface area contributed by atoms with Gasteiger partial charge in [0.1, 0.15) is 17.6 Å². The Labute approximate surface area is 220 Å². The van der Waals surface area contributed by atoms with Crippen LogP contribution in [0.2, 0.25) is 0 Å². The highest BCUT2D eigenvalue weighted by atomic mass is 19.1. The van der Waals surface area contributed by atoms with Crippen molar-refractivity contribution < 1.29 is 19.0 Å². The summed E-state index contributed by atoms with van der Waals surface area (Å²) >= 11 is 0. The number of anilines is 1. The molecule has 7 nitrogen and oxygen atoms in total. The van der Waals surface area contributed by atoms with Gasteiger partial charge < -0.3 is 19.7 Å². The standard InChI is InChI=1S/C30H31FN4O3/c1-38-27-11-6-19(16-20(27)18-34-12-14-35(15-13-34)22-9-7-21(31)8-10-22)28-29-24(17-26(33-28)30(36)37)23-4-2-3-5-25(23)32-29/h2-11,16,26,28,32-33H,12-15,17-18H2,1H3,(H,36,37)/t26-,28-/m1/s1. The number of aliphatic carboxylic acids is 1. The molecule has 38 heavy (non-hydrogen) atoms. The largest absolute Gasteiger partial charge is 0.496 e. The Hall–Kier alpha value is -3.88. The first-order valence-corrected chi connectivity index (χ1v) is 13.0. The van der Waals surface area contributed by atoms with Gasteiger partial charge in [-0.3, -0.25) is 15.0 Å². The second kappa shape index (κ2) is 10.1. The molecule has 0 amide bonds. The maximum atomic E-state index is 13.3. The SMILES string of the molecule is COc1ccc([C@H]2N[C@@H](C(=O)O)Cc3c2[nH]c2ccccc32)cc1CN1CCN(c2ccc(F)cc2)CC1. The summed E-state index contributed by atoms with van der Waals surface area (Å²) in [4.78, 5) is 20.3. The number of ether oxygens (including phenoxy) is 1. The molecule has 2 atom stereocenters. The number of rotatable bonds is 6. The smallest absolute Gasteiger partial charge is 0.321 e. The van der Waals surface area contributed by atoms with E-state index in [1.165, 1.54) is 12.1 Å². The number of carboxylic acids is 1. The summed E-state index contributed by atoms with van der Waals surface area (Å²) in [5.41, 5.74) is 6.21. The van der Waals surface area contributed by atoms with Crippen LogP contribution in [0.25, 0.3) is 10.9 Å². The van der Waals surface area contributed by atoms with E-state index in [-0.39, 0.29) is 11.9 Å². The molecule has 0 spiro atoms. The Morgan fingerprint density at radius 2 is 1.82 bits per heavy atom. The van der Waals surface area contributed by atoms with Gasteiger partial charge in [0.25, 0.3) is 0 Å². The summed E-state index contributed by atoms with van der Waals surface area (Å²) in [6, 6.07) is 19.9. The summed E-state index contributed by atoms with van der Waals surface area (Å²) in [6.07, 6.45) is 0.437. The van der Waals surface area contributed by atoms with Crippen LogP contribution in [-0.2, 0) is 17.8 Å². The van der Waals surface area contributed by atoms with Crippen LogP contribution < -0.4 is 15.0 Å². The molecule has 2 aliphatic heterocycles. The third kappa shape index (κ3) is 4.61. The van der Waals surface area contributed by atoms with E-state index >= 15 is 0 Å². The zero-order valence-electron chi connectivity index (χ0n) is 21.3. The second-order valence-corrected chi connectivity index (χ2v) is 10.1. The molecule has 2 aliphatic rings. The van der Waals surface area contributed by atoms with E-state index in [1.54, 1.807) is 7.11 Å². The van der Waals surface area contributed by atoms with Gasteiger partial charge in [0.2, 0.25) is 0 Å². The number of nitrogens with zero attached hydrogens (tertiary/aromatic N) is 2. The number of hydrogen-bond acceptors (Lipinski definition) is 5. The summed E-state index contributed by atoms with van der Waals surface area (Å²) in [5.74, 6) is -0.253. The van der Waals surface area contributed by atoms with Gasteiger partial charge >= 0.3 is 5.97 Å².